The molecule has 1 rings (SSSR count). The summed E-state index contributed by atoms with van der Waals surface area (Å²) in [6.07, 6.45) is 8.18. The Morgan fingerprint density at radius 2 is 2.00 bits per heavy atom. The van der Waals surface area contributed by atoms with Crippen molar-refractivity contribution in [3.05, 3.63) is 10.4 Å². The van der Waals surface area contributed by atoms with E-state index in [2.05, 4.69) is 16.9 Å². The first kappa shape index (κ1) is 9.40. The van der Waals surface area contributed by atoms with Gasteiger partial charge in [-0.25, -0.2) is 0 Å². The Balaban J connectivity index is 2.62. The van der Waals surface area contributed by atoms with Crippen LogP contribution in [0.25, 0.3) is 10.4 Å². The van der Waals surface area contributed by atoms with E-state index >= 15 is 0 Å². The predicted molar refractivity (Wildman–Crippen MR) is 49.9 cm³/mol. The van der Waals surface area contributed by atoms with Gasteiger partial charge in [0.15, 0.2) is 0 Å². The van der Waals surface area contributed by atoms with Crippen LogP contribution in [0.3, 0.4) is 0 Å². The largest absolute Gasteiger partial charge is 0.0873 e. The fraction of sp³-hybridized carbons (Fsp3) is 1.00. The fourth-order valence-electron chi connectivity index (χ4n) is 2.17. The van der Waals surface area contributed by atoms with E-state index < -0.39 is 0 Å². The molecule has 0 spiro atoms. The van der Waals surface area contributed by atoms with E-state index in [1.807, 2.05) is 0 Å². The van der Waals surface area contributed by atoms with Gasteiger partial charge in [0.05, 0.1) is 0 Å². The van der Waals surface area contributed by atoms with Crippen LogP contribution >= 0.6 is 0 Å². The highest BCUT2D eigenvalue weighted by atomic mass is 15.2. The SMILES string of the molecule is CCCC1(N=[N+]=[N-])CCCCC1. The molecule has 3 heteroatoms. The molecular weight excluding hydrogens is 150 g/mol. The molecule has 0 aliphatic heterocycles. The molecular formula is C9H17N3. The maximum atomic E-state index is 8.47. The topological polar surface area (TPSA) is 48.8 Å². The quantitative estimate of drug-likeness (QED) is 0.349. The van der Waals surface area contributed by atoms with Crippen molar-refractivity contribution in [2.24, 2.45) is 5.11 Å². The molecule has 0 atom stereocenters. The molecule has 1 fully saturated rings. The first-order valence-corrected chi connectivity index (χ1v) is 4.89. The minimum absolute atomic E-state index is 0.0122. The van der Waals surface area contributed by atoms with E-state index in [9.17, 15) is 0 Å². The zero-order valence-electron chi connectivity index (χ0n) is 7.79. The molecule has 0 amide bonds. The van der Waals surface area contributed by atoms with E-state index in [0.29, 0.717) is 0 Å². The van der Waals surface area contributed by atoms with Gasteiger partial charge in [0.2, 0.25) is 0 Å². The summed E-state index contributed by atoms with van der Waals surface area (Å²) in [5, 5.41) is 3.99. The van der Waals surface area contributed by atoms with Gasteiger partial charge in [0.25, 0.3) is 0 Å². The average Bonchev–Trinajstić information content (AvgIpc) is 2.07. The normalized spacial score (nSPS) is 21.4. The zero-order valence-corrected chi connectivity index (χ0v) is 7.79. The van der Waals surface area contributed by atoms with Crippen molar-refractivity contribution in [3.8, 4) is 0 Å². The van der Waals surface area contributed by atoms with Gasteiger partial charge in [-0.3, -0.25) is 0 Å². The number of nitrogens with zero attached hydrogens (tertiary/aromatic N) is 3. The van der Waals surface area contributed by atoms with Crippen LogP contribution < -0.4 is 0 Å². The summed E-state index contributed by atoms with van der Waals surface area (Å²) in [5.41, 5.74) is 8.46. The molecule has 0 heterocycles. The van der Waals surface area contributed by atoms with Crippen molar-refractivity contribution < 1.29 is 0 Å². The molecule has 1 aliphatic rings. The third kappa shape index (κ3) is 2.15. The Bertz CT molecular complexity index is 171. The van der Waals surface area contributed by atoms with Crippen molar-refractivity contribution in [2.45, 2.75) is 57.4 Å². The molecule has 0 saturated heterocycles. The Kier molecular flexibility index (Phi) is 3.42. The van der Waals surface area contributed by atoms with E-state index in [1.165, 1.54) is 19.3 Å². The minimum atomic E-state index is -0.0122. The van der Waals surface area contributed by atoms with Crippen molar-refractivity contribution in [1.29, 1.82) is 0 Å². The first-order valence-electron chi connectivity index (χ1n) is 4.89. The van der Waals surface area contributed by atoms with Gasteiger partial charge in [0.1, 0.15) is 0 Å². The van der Waals surface area contributed by atoms with Crippen molar-refractivity contribution >= 4 is 0 Å². The Morgan fingerprint density at radius 1 is 1.33 bits per heavy atom. The van der Waals surface area contributed by atoms with Crippen LogP contribution in [0, 0.1) is 0 Å². The number of hydrogen-bond acceptors (Lipinski definition) is 1. The summed E-state index contributed by atoms with van der Waals surface area (Å²) in [4.78, 5) is 2.98. The summed E-state index contributed by atoms with van der Waals surface area (Å²) in [5.74, 6) is 0. The van der Waals surface area contributed by atoms with E-state index in [4.69, 9.17) is 5.53 Å². The smallest absolute Gasteiger partial charge is 0.0488 e. The average molecular weight is 167 g/mol. The maximum Gasteiger partial charge on any atom is 0.0488 e. The summed E-state index contributed by atoms with van der Waals surface area (Å²) < 4.78 is 0. The molecule has 0 aromatic rings. The highest BCUT2D eigenvalue weighted by Crippen LogP contribution is 2.35. The second kappa shape index (κ2) is 4.36. The van der Waals surface area contributed by atoms with Gasteiger partial charge < -0.3 is 0 Å². The van der Waals surface area contributed by atoms with Crippen LogP contribution in [0.1, 0.15) is 51.9 Å². The summed E-state index contributed by atoms with van der Waals surface area (Å²) in [6, 6.07) is 0. The predicted octanol–water partition coefficient (Wildman–Crippen LogP) is 3.80. The van der Waals surface area contributed by atoms with Crippen LogP contribution in [-0.2, 0) is 0 Å². The molecule has 0 radical (unpaired) electrons. The Labute approximate surface area is 73.8 Å². The van der Waals surface area contributed by atoms with Crippen LogP contribution in [-0.4, -0.2) is 5.54 Å². The van der Waals surface area contributed by atoms with Gasteiger partial charge in [0, 0.05) is 10.5 Å². The van der Waals surface area contributed by atoms with Crippen LogP contribution in [0.15, 0.2) is 5.11 Å². The van der Waals surface area contributed by atoms with Crippen LogP contribution in [0.5, 0.6) is 0 Å². The molecule has 0 aromatic carbocycles. The van der Waals surface area contributed by atoms with Crippen molar-refractivity contribution in [1.82, 2.24) is 0 Å². The van der Waals surface area contributed by atoms with Gasteiger partial charge >= 0.3 is 0 Å². The highest BCUT2D eigenvalue weighted by molar-refractivity contribution is 4.90. The minimum Gasteiger partial charge on any atom is -0.0873 e. The van der Waals surface area contributed by atoms with E-state index in [-0.39, 0.29) is 5.54 Å². The summed E-state index contributed by atoms with van der Waals surface area (Å²) >= 11 is 0. The van der Waals surface area contributed by atoms with Gasteiger partial charge in [-0.2, -0.15) is 0 Å². The number of hydrogen-bond donors (Lipinski definition) is 0. The van der Waals surface area contributed by atoms with E-state index in [0.717, 1.165) is 25.7 Å². The van der Waals surface area contributed by atoms with Crippen LogP contribution in [0.4, 0.5) is 0 Å². The second-order valence-corrected chi connectivity index (χ2v) is 3.72. The lowest BCUT2D eigenvalue weighted by atomic mass is 9.79. The molecule has 12 heavy (non-hydrogen) atoms. The lowest BCUT2D eigenvalue weighted by molar-refractivity contribution is 0.275. The number of rotatable bonds is 3. The third-order valence-electron chi connectivity index (χ3n) is 2.76. The molecule has 3 nitrogen and oxygen atoms in total. The standard InChI is InChI=1S/C9H17N3/c1-2-6-9(11-12-10)7-4-3-5-8-9/h2-8H2,1H3. The zero-order chi connectivity index (χ0) is 8.86. The molecule has 1 saturated carbocycles. The van der Waals surface area contributed by atoms with Crippen molar-refractivity contribution in [3.63, 3.8) is 0 Å². The summed E-state index contributed by atoms with van der Waals surface area (Å²) in [7, 11) is 0. The lowest BCUT2D eigenvalue weighted by Gasteiger charge is -2.32. The Morgan fingerprint density at radius 3 is 2.50 bits per heavy atom. The molecule has 0 unspecified atom stereocenters. The first-order chi connectivity index (χ1) is 5.83. The second-order valence-electron chi connectivity index (χ2n) is 3.72. The number of azide groups is 1. The lowest BCUT2D eigenvalue weighted by Crippen LogP contribution is -2.28. The Hall–Kier alpha value is -0.690. The maximum absolute atomic E-state index is 8.47. The van der Waals surface area contributed by atoms with Gasteiger partial charge in [-0.1, -0.05) is 37.7 Å². The molecule has 68 valence electrons. The van der Waals surface area contributed by atoms with Crippen LogP contribution in [0.2, 0.25) is 0 Å². The molecule has 0 N–H and O–H groups in total. The highest BCUT2D eigenvalue weighted by Gasteiger charge is 2.29. The van der Waals surface area contributed by atoms with E-state index in [1.54, 1.807) is 0 Å². The van der Waals surface area contributed by atoms with Gasteiger partial charge in [-0.15, -0.1) is 0 Å². The monoisotopic (exact) mass is 167 g/mol. The van der Waals surface area contributed by atoms with Crippen molar-refractivity contribution in [2.75, 3.05) is 0 Å². The fourth-order valence-corrected chi connectivity index (χ4v) is 2.17. The molecule has 0 aromatic heterocycles. The third-order valence-corrected chi connectivity index (χ3v) is 2.76. The van der Waals surface area contributed by atoms with Gasteiger partial charge in [-0.05, 0) is 24.8 Å². The molecule has 0 bridgehead atoms. The molecule has 1 aliphatic carbocycles. The summed E-state index contributed by atoms with van der Waals surface area (Å²) in [6.45, 7) is 2.16.